The van der Waals surface area contributed by atoms with Crippen LogP contribution in [0, 0.1) is 0 Å². The molecule has 4 heteroatoms. The molecule has 2 N–H and O–H groups in total. The van der Waals surface area contributed by atoms with Gasteiger partial charge >= 0.3 is 0 Å². The summed E-state index contributed by atoms with van der Waals surface area (Å²) in [4.78, 5) is 15.3. The highest BCUT2D eigenvalue weighted by molar-refractivity contribution is 7.99. The highest BCUT2D eigenvalue weighted by Gasteiger charge is 2.14. The second-order valence-electron chi connectivity index (χ2n) is 6.58. The predicted octanol–water partition coefficient (Wildman–Crippen LogP) is 4.73. The molecule has 3 rings (SSSR count). The van der Waals surface area contributed by atoms with Gasteiger partial charge in [0.25, 0.3) is 0 Å². The van der Waals surface area contributed by atoms with Gasteiger partial charge in [-0.05, 0) is 42.2 Å². The van der Waals surface area contributed by atoms with Crippen molar-refractivity contribution in [3.63, 3.8) is 0 Å². The monoisotopic (exact) mass is 366 g/mol. The fourth-order valence-electron chi connectivity index (χ4n) is 3.16. The number of hydrogen-bond donors (Lipinski definition) is 1. The van der Waals surface area contributed by atoms with E-state index in [0.29, 0.717) is 6.42 Å². The Hall–Kier alpha value is -2.20. The molecule has 0 atom stereocenters. The fourth-order valence-corrected chi connectivity index (χ4v) is 4.10. The van der Waals surface area contributed by atoms with Gasteiger partial charge in [0.15, 0.2) is 0 Å². The van der Waals surface area contributed by atoms with Gasteiger partial charge in [-0.3, -0.25) is 4.79 Å². The third-order valence-electron chi connectivity index (χ3n) is 4.59. The lowest BCUT2D eigenvalue weighted by molar-refractivity contribution is -0.131. The number of carbonyl (C=O) groups is 1. The number of allylic oxidation sites excluding steroid dienone is 2. The van der Waals surface area contributed by atoms with Crippen LogP contribution in [0.25, 0.3) is 10.8 Å². The highest BCUT2D eigenvalue weighted by Crippen LogP contribution is 2.28. The Bertz CT molecular complexity index is 801. The first-order chi connectivity index (χ1) is 12.7. The summed E-state index contributed by atoms with van der Waals surface area (Å²) >= 11 is 1.74. The van der Waals surface area contributed by atoms with Gasteiger partial charge in [-0.1, -0.05) is 48.6 Å². The fraction of sp³-hybridized carbons (Fsp3) is 0.318. The number of amides is 1. The Morgan fingerprint density at radius 1 is 1.08 bits per heavy atom. The van der Waals surface area contributed by atoms with Crippen molar-refractivity contribution >= 4 is 28.4 Å². The molecule has 1 aliphatic rings. The Labute approximate surface area is 159 Å². The Morgan fingerprint density at radius 2 is 1.85 bits per heavy atom. The van der Waals surface area contributed by atoms with Crippen molar-refractivity contribution in [1.29, 1.82) is 0 Å². The van der Waals surface area contributed by atoms with E-state index in [1.165, 1.54) is 22.1 Å². The van der Waals surface area contributed by atoms with Crippen LogP contribution in [0.5, 0.6) is 0 Å². The molecular weight excluding hydrogens is 340 g/mol. The minimum atomic E-state index is 0.220. The summed E-state index contributed by atoms with van der Waals surface area (Å²) in [5.41, 5.74) is 6.93. The average molecular weight is 367 g/mol. The molecule has 1 amide bonds. The zero-order valence-corrected chi connectivity index (χ0v) is 15.9. The number of piperidine rings is 1. The second kappa shape index (κ2) is 9.48. The molecule has 3 nitrogen and oxygen atoms in total. The first kappa shape index (κ1) is 18.6. The predicted molar refractivity (Wildman–Crippen MR) is 111 cm³/mol. The highest BCUT2D eigenvalue weighted by atomic mass is 32.2. The summed E-state index contributed by atoms with van der Waals surface area (Å²) in [6, 6.07) is 14.7. The van der Waals surface area contributed by atoms with Crippen LogP contribution in [-0.2, 0) is 4.79 Å². The standard InChI is InChI=1S/C22H26N2OS/c23-19(11-3-5-14-22(25)24-15-6-1-7-16-24)17-26-21-13-8-10-18-9-2-4-12-20(18)21/h2-5,8-13H,1,6-7,14-17,23H2/b5-3-,19-11-. The molecule has 0 aromatic heterocycles. The third-order valence-corrected chi connectivity index (χ3v) is 5.74. The molecule has 2 aromatic rings. The van der Waals surface area contributed by atoms with Crippen molar-refractivity contribution < 1.29 is 4.79 Å². The molecule has 0 bridgehead atoms. The van der Waals surface area contributed by atoms with Crippen molar-refractivity contribution in [3.05, 3.63) is 66.4 Å². The number of nitrogens with zero attached hydrogens (tertiary/aromatic N) is 1. The molecule has 0 saturated carbocycles. The first-order valence-electron chi connectivity index (χ1n) is 9.23. The Balaban J connectivity index is 1.49. The van der Waals surface area contributed by atoms with E-state index in [0.717, 1.165) is 37.4 Å². The van der Waals surface area contributed by atoms with E-state index in [2.05, 4.69) is 42.5 Å². The lowest BCUT2D eigenvalue weighted by atomic mass is 10.1. The van der Waals surface area contributed by atoms with E-state index in [1.54, 1.807) is 11.8 Å². The van der Waals surface area contributed by atoms with Crippen LogP contribution in [-0.4, -0.2) is 29.6 Å². The zero-order chi connectivity index (χ0) is 18.2. The van der Waals surface area contributed by atoms with Gasteiger partial charge in [0.05, 0.1) is 0 Å². The third kappa shape index (κ3) is 5.15. The Kier molecular flexibility index (Phi) is 6.78. The SMILES string of the molecule is N/C(=C\C=C/CC(=O)N1CCCCC1)CSc1cccc2ccccc12. The summed E-state index contributed by atoms with van der Waals surface area (Å²) in [7, 11) is 0. The van der Waals surface area contributed by atoms with Gasteiger partial charge in [0.2, 0.25) is 5.91 Å². The van der Waals surface area contributed by atoms with Gasteiger partial charge in [-0.15, -0.1) is 11.8 Å². The second-order valence-corrected chi connectivity index (χ2v) is 7.60. The van der Waals surface area contributed by atoms with Gasteiger partial charge in [-0.25, -0.2) is 0 Å². The molecule has 1 aliphatic heterocycles. The number of thioether (sulfide) groups is 1. The number of carbonyl (C=O) groups excluding carboxylic acids is 1. The van der Waals surface area contributed by atoms with Crippen molar-refractivity contribution in [3.8, 4) is 0 Å². The van der Waals surface area contributed by atoms with E-state index in [1.807, 2.05) is 23.1 Å². The van der Waals surface area contributed by atoms with E-state index >= 15 is 0 Å². The van der Waals surface area contributed by atoms with Gasteiger partial charge in [0.1, 0.15) is 0 Å². The number of likely N-dealkylation sites (tertiary alicyclic amines) is 1. The molecule has 0 unspecified atom stereocenters. The molecule has 0 aliphatic carbocycles. The molecule has 1 saturated heterocycles. The van der Waals surface area contributed by atoms with Crippen molar-refractivity contribution in [2.24, 2.45) is 5.73 Å². The normalized spacial score (nSPS) is 15.7. The average Bonchev–Trinajstić information content (AvgIpc) is 2.70. The molecule has 26 heavy (non-hydrogen) atoms. The number of benzene rings is 2. The smallest absolute Gasteiger partial charge is 0.226 e. The summed E-state index contributed by atoms with van der Waals surface area (Å²) < 4.78 is 0. The number of rotatable bonds is 6. The topological polar surface area (TPSA) is 46.3 Å². The van der Waals surface area contributed by atoms with Crippen LogP contribution < -0.4 is 5.73 Å². The van der Waals surface area contributed by atoms with Crippen LogP contribution in [0.3, 0.4) is 0 Å². The summed E-state index contributed by atoms with van der Waals surface area (Å²) in [6.07, 6.45) is 9.68. The number of nitrogens with two attached hydrogens (primary N) is 1. The van der Waals surface area contributed by atoms with E-state index in [9.17, 15) is 4.79 Å². The molecule has 1 heterocycles. The minimum absolute atomic E-state index is 0.220. The van der Waals surface area contributed by atoms with E-state index in [-0.39, 0.29) is 5.91 Å². The van der Waals surface area contributed by atoms with Gasteiger partial charge < -0.3 is 10.6 Å². The first-order valence-corrected chi connectivity index (χ1v) is 10.2. The van der Waals surface area contributed by atoms with E-state index in [4.69, 9.17) is 5.73 Å². The molecule has 1 fully saturated rings. The van der Waals surface area contributed by atoms with E-state index < -0.39 is 0 Å². The van der Waals surface area contributed by atoms with Crippen LogP contribution in [0.15, 0.2) is 71.3 Å². The quantitative estimate of drug-likeness (QED) is 0.594. The van der Waals surface area contributed by atoms with Crippen molar-refractivity contribution in [1.82, 2.24) is 4.90 Å². The van der Waals surface area contributed by atoms with Crippen LogP contribution in [0.2, 0.25) is 0 Å². The van der Waals surface area contributed by atoms with Crippen molar-refractivity contribution in [2.45, 2.75) is 30.6 Å². The summed E-state index contributed by atoms with van der Waals surface area (Å²) in [5, 5.41) is 2.51. The van der Waals surface area contributed by atoms with Crippen LogP contribution >= 0.6 is 11.8 Å². The van der Waals surface area contributed by atoms with Gasteiger partial charge in [0, 0.05) is 35.9 Å². The molecule has 0 spiro atoms. The molecular formula is C22H26N2OS. The lowest BCUT2D eigenvalue weighted by Crippen LogP contribution is -2.35. The largest absolute Gasteiger partial charge is 0.401 e. The Morgan fingerprint density at radius 3 is 2.69 bits per heavy atom. The summed E-state index contributed by atoms with van der Waals surface area (Å²) in [6.45, 7) is 1.82. The van der Waals surface area contributed by atoms with Crippen LogP contribution in [0.4, 0.5) is 0 Å². The molecule has 0 radical (unpaired) electrons. The molecule has 2 aromatic carbocycles. The van der Waals surface area contributed by atoms with Gasteiger partial charge in [-0.2, -0.15) is 0 Å². The zero-order valence-electron chi connectivity index (χ0n) is 15.1. The maximum atomic E-state index is 12.1. The van der Waals surface area contributed by atoms with Crippen LogP contribution in [0.1, 0.15) is 25.7 Å². The number of hydrogen-bond acceptors (Lipinski definition) is 3. The maximum Gasteiger partial charge on any atom is 0.226 e. The van der Waals surface area contributed by atoms with Crippen molar-refractivity contribution in [2.75, 3.05) is 18.8 Å². The minimum Gasteiger partial charge on any atom is -0.401 e. The number of fused-ring (bicyclic) bond motifs is 1. The maximum absolute atomic E-state index is 12.1. The molecule has 136 valence electrons. The summed E-state index contributed by atoms with van der Waals surface area (Å²) in [5.74, 6) is 0.955. The lowest BCUT2D eigenvalue weighted by Gasteiger charge is -2.26.